The standard InChI is InChI=1S/C23H49NO4Si2/c1-21(2,3)27-20(25)24-16-14-15-19(28-30(12,13)23(7,8)9)18(24)17-26-29(10,11)22(4,5)6/h18-19H,14-17H2,1-13H3/t18-,19?/m1/s1. The summed E-state index contributed by atoms with van der Waals surface area (Å²) in [6, 6.07) is -0.114. The fraction of sp³-hybridized carbons (Fsp3) is 0.957. The monoisotopic (exact) mass is 459 g/mol. The molecule has 0 aromatic carbocycles. The number of likely N-dealkylation sites (tertiary alicyclic amines) is 1. The van der Waals surface area contributed by atoms with Gasteiger partial charge in [0.2, 0.25) is 0 Å². The number of rotatable bonds is 5. The van der Waals surface area contributed by atoms with Crippen LogP contribution in [-0.4, -0.2) is 58.5 Å². The first-order valence-corrected chi connectivity index (χ1v) is 17.3. The topological polar surface area (TPSA) is 48.0 Å². The van der Waals surface area contributed by atoms with Gasteiger partial charge in [-0.3, -0.25) is 0 Å². The van der Waals surface area contributed by atoms with Crippen molar-refractivity contribution in [2.24, 2.45) is 0 Å². The molecule has 1 saturated heterocycles. The minimum absolute atomic E-state index is 0.0167. The summed E-state index contributed by atoms with van der Waals surface area (Å²) in [4.78, 5) is 14.9. The van der Waals surface area contributed by atoms with Crippen LogP contribution in [0, 0.1) is 0 Å². The summed E-state index contributed by atoms with van der Waals surface area (Å²) >= 11 is 0. The Morgan fingerprint density at radius 3 is 1.83 bits per heavy atom. The zero-order valence-corrected chi connectivity index (χ0v) is 24.1. The molecule has 1 aliphatic heterocycles. The van der Waals surface area contributed by atoms with Gasteiger partial charge in [-0.15, -0.1) is 0 Å². The van der Waals surface area contributed by atoms with Crippen molar-refractivity contribution in [2.75, 3.05) is 13.2 Å². The Kier molecular flexibility index (Phi) is 8.52. The largest absolute Gasteiger partial charge is 0.444 e. The van der Waals surface area contributed by atoms with Crippen molar-refractivity contribution in [2.45, 2.75) is 129 Å². The van der Waals surface area contributed by atoms with Crippen LogP contribution in [0.1, 0.15) is 75.2 Å². The molecule has 1 amide bonds. The van der Waals surface area contributed by atoms with E-state index in [-0.39, 0.29) is 28.3 Å². The van der Waals surface area contributed by atoms with Crippen LogP contribution in [0.5, 0.6) is 0 Å². The molecule has 178 valence electrons. The Bertz CT molecular complexity index is 585. The van der Waals surface area contributed by atoms with Crippen LogP contribution in [0.15, 0.2) is 0 Å². The molecule has 5 nitrogen and oxygen atoms in total. The number of carbonyl (C=O) groups is 1. The van der Waals surface area contributed by atoms with Gasteiger partial charge in [-0.1, -0.05) is 41.5 Å². The Morgan fingerprint density at radius 2 is 1.40 bits per heavy atom. The van der Waals surface area contributed by atoms with E-state index >= 15 is 0 Å². The Hall–Kier alpha value is -0.376. The highest BCUT2D eigenvalue weighted by Crippen LogP contribution is 2.40. The van der Waals surface area contributed by atoms with E-state index in [4.69, 9.17) is 13.6 Å². The normalized spacial score (nSPS) is 22.2. The highest BCUT2D eigenvalue weighted by Gasteiger charge is 2.46. The van der Waals surface area contributed by atoms with Crippen LogP contribution in [0.4, 0.5) is 4.79 Å². The van der Waals surface area contributed by atoms with Crippen molar-refractivity contribution in [1.82, 2.24) is 4.90 Å². The van der Waals surface area contributed by atoms with Crippen LogP contribution >= 0.6 is 0 Å². The zero-order valence-electron chi connectivity index (χ0n) is 22.1. The van der Waals surface area contributed by atoms with Gasteiger partial charge in [0.25, 0.3) is 0 Å². The third-order valence-electron chi connectivity index (χ3n) is 7.02. The molecule has 1 rings (SSSR count). The maximum absolute atomic E-state index is 13.1. The van der Waals surface area contributed by atoms with Gasteiger partial charge in [0.1, 0.15) is 5.60 Å². The summed E-state index contributed by atoms with van der Waals surface area (Å²) < 4.78 is 19.2. The summed E-state index contributed by atoms with van der Waals surface area (Å²) in [7, 11) is -3.93. The second-order valence-electron chi connectivity index (χ2n) is 12.9. The first-order valence-electron chi connectivity index (χ1n) is 11.5. The van der Waals surface area contributed by atoms with Crippen LogP contribution < -0.4 is 0 Å². The first-order chi connectivity index (χ1) is 13.2. The maximum Gasteiger partial charge on any atom is 0.410 e. The van der Waals surface area contributed by atoms with Crippen LogP contribution in [0.3, 0.4) is 0 Å². The Morgan fingerprint density at radius 1 is 0.900 bits per heavy atom. The average molecular weight is 460 g/mol. The minimum atomic E-state index is -1.98. The van der Waals surface area contributed by atoms with Gasteiger partial charge < -0.3 is 18.5 Å². The molecule has 7 heteroatoms. The molecule has 1 unspecified atom stereocenters. The predicted molar refractivity (Wildman–Crippen MR) is 131 cm³/mol. The highest BCUT2D eigenvalue weighted by molar-refractivity contribution is 6.74. The second kappa shape index (κ2) is 9.24. The predicted octanol–water partition coefficient (Wildman–Crippen LogP) is 6.80. The Labute approximate surface area is 188 Å². The molecule has 0 saturated carbocycles. The molecular formula is C23H49NO4Si2. The molecule has 2 atom stereocenters. The first kappa shape index (κ1) is 27.7. The molecule has 0 radical (unpaired) electrons. The minimum Gasteiger partial charge on any atom is -0.444 e. The maximum atomic E-state index is 13.1. The molecule has 0 spiro atoms. The molecule has 0 aromatic heterocycles. The molecule has 0 bridgehead atoms. The van der Waals surface area contributed by atoms with E-state index in [1.54, 1.807) is 0 Å². The van der Waals surface area contributed by atoms with E-state index in [1.165, 1.54) is 0 Å². The van der Waals surface area contributed by atoms with Crippen molar-refractivity contribution in [3.05, 3.63) is 0 Å². The fourth-order valence-electron chi connectivity index (χ4n) is 2.97. The lowest BCUT2D eigenvalue weighted by molar-refractivity contribution is -0.0317. The summed E-state index contributed by atoms with van der Waals surface area (Å²) in [5.41, 5.74) is -0.519. The fourth-order valence-corrected chi connectivity index (χ4v) is 5.37. The molecule has 1 aliphatic rings. The lowest BCUT2D eigenvalue weighted by Gasteiger charge is -2.47. The van der Waals surface area contributed by atoms with Gasteiger partial charge in [-0.05, 0) is 69.9 Å². The molecule has 30 heavy (non-hydrogen) atoms. The van der Waals surface area contributed by atoms with Crippen LogP contribution in [-0.2, 0) is 13.6 Å². The van der Waals surface area contributed by atoms with Crippen molar-refractivity contribution < 1.29 is 18.4 Å². The van der Waals surface area contributed by atoms with Crippen LogP contribution in [0.25, 0.3) is 0 Å². The third kappa shape index (κ3) is 7.35. The summed E-state index contributed by atoms with van der Waals surface area (Å²) in [5.74, 6) is 0. The van der Waals surface area contributed by atoms with Crippen LogP contribution in [0.2, 0.25) is 36.3 Å². The average Bonchev–Trinajstić information content (AvgIpc) is 2.49. The van der Waals surface area contributed by atoms with Crippen molar-refractivity contribution >= 4 is 22.7 Å². The van der Waals surface area contributed by atoms with E-state index in [0.717, 1.165) is 12.8 Å². The SMILES string of the molecule is CC(C)(C)OC(=O)N1CCCC(O[Si](C)(C)C(C)(C)C)[C@H]1CO[Si](C)(C)C(C)(C)C. The number of hydrogen-bond donors (Lipinski definition) is 0. The van der Waals surface area contributed by atoms with Crippen molar-refractivity contribution in [1.29, 1.82) is 0 Å². The summed E-state index contributed by atoms with van der Waals surface area (Å²) in [6.45, 7) is 29.6. The quantitative estimate of drug-likeness (QED) is 0.424. The second-order valence-corrected chi connectivity index (χ2v) is 22.4. The highest BCUT2D eigenvalue weighted by atomic mass is 28.4. The summed E-state index contributed by atoms with van der Waals surface area (Å²) in [5, 5.41) is 0.236. The van der Waals surface area contributed by atoms with Crippen molar-refractivity contribution in [3.63, 3.8) is 0 Å². The molecular weight excluding hydrogens is 410 g/mol. The molecule has 1 heterocycles. The molecule has 0 aromatic rings. The summed E-state index contributed by atoms with van der Waals surface area (Å²) in [6.07, 6.45) is 1.61. The number of amides is 1. The van der Waals surface area contributed by atoms with Gasteiger partial charge in [-0.25, -0.2) is 4.79 Å². The van der Waals surface area contributed by atoms with E-state index in [9.17, 15) is 4.79 Å². The lowest BCUT2D eigenvalue weighted by atomic mass is 10.00. The number of piperidine rings is 1. The van der Waals surface area contributed by atoms with Gasteiger partial charge in [0.15, 0.2) is 16.6 Å². The van der Waals surface area contributed by atoms with Gasteiger partial charge in [-0.2, -0.15) is 0 Å². The lowest BCUT2D eigenvalue weighted by Crippen LogP contribution is -2.59. The van der Waals surface area contributed by atoms with E-state index < -0.39 is 22.2 Å². The molecule has 0 N–H and O–H groups in total. The molecule has 1 fully saturated rings. The zero-order chi connectivity index (χ0) is 23.8. The van der Waals surface area contributed by atoms with E-state index in [2.05, 4.69) is 67.7 Å². The van der Waals surface area contributed by atoms with Gasteiger partial charge in [0.05, 0.1) is 18.8 Å². The number of hydrogen-bond acceptors (Lipinski definition) is 4. The number of carbonyl (C=O) groups excluding carboxylic acids is 1. The Balaban J connectivity index is 3.17. The smallest absolute Gasteiger partial charge is 0.410 e. The van der Waals surface area contributed by atoms with E-state index in [1.807, 2.05) is 25.7 Å². The molecule has 0 aliphatic carbocycles. The van der Waals surface area contributed by atoms with E-state index in [0.29, 0.717) is 13.2 Å². The van der Waals surface area contributed by atoms with Gasteiger partial charge >= 0.3 is 6.09 Å². The third-order valence-corrected chi connectivity index (χ3v) is 16.0. The van der Waals surface area contributed by atoms with Crippen molar-refractivity contribution in [3.8, 4) is 0 Å². The number of nitrogens with zero attached hydrogens (tertiary/aromatic N) is 1. The van der Waals surface area contributed by atoms with Gasteiger partial charge in [0, 0.05) is 6.54 Å². The number of ether oxygens (including phenoxy) is 1.